The molecule has 0 aliphatic rings. The van der Waals surface area contributed by atoms with Gasteiger partial charge in [0.1, 0.15) is 5.76 Å². The van der Waals surface area contributed by atoms with Crippen molar-refractivity contribution in [2.75, 3.05) is 0 Å². The Morgan fingerprint density at radius 3 is 2.75 bits per heavy atom. The number of hydrogen-bond acceptors (Lipinski definition) is 3. The Morgan fingerprint density at radius 2 is 2.12 bits per heavy atom. The summed E-state index contributed by atoms with van der Waals surface area (Å²) < 4.78 is 6.33. The number of pyridine rings is 1. The van der Waals surface area contributed by atoms with Crippen LogP contribution in [0.2, 0.25) is 0 Å². The highest BCUT2D eigenvalue weighted by Crippen LogP contribution is 2.18. The Balaban J connectivity index is 1.94. The summed E-state index contributed by atoms with van der Waals surface area (Å²) in [6, 6.07) is 6.19. The van der Waals surface area contributed by atoms with Gasteiger partial charge >= 0.3 is 0 Å². The Morgan fingerprint density at radius 1 is 1.38 bits per heavy atom. The van der Waals surface area contributed by atoms with Crippen LogP contribution in [0.15, 0.2) is 45.7 Å². The fraction of sp³-hybridized carbons (Fsp3) is 0.250. The highest BCUT2D eigenvalue weighted by molar-refractivity contribution is 9.10. The van der Waals surface area contributed by atoms with Crippen molar-refractivity contribution in [3.8, 4) is 0 Å². The summed E-state index contributed by atoms with van der Waals surface area (Å²) in [4.78, 5) is 4.00. The van der Waals surface area contributed by atoms with Crippen LogP contribution in [0.3, 0.4) is 0 Å². The molecule has 0 unspecified atom stereocenters. The van der Waals surface area contributed by atoms with Crippen molar-refractivity contribution in [3.05, 3.63) is 52.7 Å². The summed E-state index contributed by atoms with van der Waals surface area (Å²) in [5.74, 6) is 0.918. The minimum absolute atomic E-state index is 0.278. The van der Waals surface area contributed by atoms with Crippen LogP contribution < -0.4 is 5.32 Å². The summed E-state index contributed by atoms with van der Waals surface area (Å²) in [5, 5.41) is 3.39. The Kier molecular flexibility index (Phi) is 3.74. The molecular formula is C12H13BrN2O. The summed E-state index contributed by atoms with van der Waals surface area (Å²) in [5.41, 5.74) is 1.22. The number of halogens is 1. The minimum atomic E-state index is 0.278. The zero-order valence-electron chi connectivity index (χ0n) is 8.98. The van der Waals surface area contributed by atoms with Crippen molar-refractivity contribution < 1.29 is 4.42 Å². The molecule has 2 rings (SSSR count). The molecular weight excluding hydrogens is 268 g/mol. The normalized spacial score (nSPS) is 12.6. The van der Waals surface area contributed by atoms with Gasteiger partial charge in [-0.15, -0.1) is 0 Å². The number of furan rings is 1. The predicted molar refractivity (Wildman–Crippen MR) is 65.9 cm³/mol. The maximum Gasteiger partial charge on any atom is 0.131 e. The fourth-order valence-electron chi connectivity index (χ4n) is 1.47. The van der Waals surface area contributed by atoms with Crippen molar-refractivity contribution in [1.29, 1.82) is 0 Å². The van der Waals surface area contributed by atoms with E-state index in [9.17, 15) is 0 Å². The highest BCUT2D eigenvalue weighted by atomic mass is 79.9. The van der Waals surface area contributed by atoms with E-state index in [1.807, 2.05) is 18.2 Å². The van der Waals surface area contributed by atoms with Gasteiger partial charge in [-0.25, -0.2) is 0 Å². The van der Waals surface area contributed by atoms with Crippen LogP contribution in [-0.4, -0.2) is 4.98 Å². The number of aromatic nitrogens is 1. The molecule has 16 heavy (non-hydrogen) atoms. The summed E-state index contributed by atoms with van der Waals surface area (Å²) in [6.07, 6.45) is 5.28. The van der Waals surface area contributed by atoms with E-state index in [4.69, 9.17) is 4.42 Å². The largest absolute Gasteiger partial charge is 0.467 e. The van der Waals surface area contributed by atoms with Crippen LogP contribution in [0, 0.1) is 0 Å². The number of nitrogens with zero attached hydrogens (tertiary/aromatic N) is 1. The minimum Gasteiger partial charge on any atom is -0.467 e. The van der Waals surface area contributed by atoms with Gasteiger partial charge in [0.25, 0.3) is 0 Å². The summed E-state index contributed by atoms with van der Waals surface area (Å²) in [7, 11) is 0. The van der Waals surface area contributed by atoms with Crippen LogP contribution in [0.4, 0.5) is 0 Å². The molecule has 0 aromatic carbocycles. The molecule has 0 spiro atoms. The molecule has 0 bridgehead atoms. The lowest BCUT2D eigenvalue weighted by Gasteiger charge is -2.12. The third kappa shape index (κ3) is 2.71. The molecule has 2 heterocycles. The van der Waals surface area contributed by atoms with Gasteiger partial charge in [0, 0.05) is 18.4 Å². The van der Waals surface area contributed by atoms with Gasteiger partial charge in [0.15, 0.2) is 0 Å². The molecule has 0 saturated carbocycles. The van der Waals surface area contributed by atoms with Crippen LogP contribution in [0.25, 0.3) is 0 Å². The van der Waals surface area contributed by atoms with Crippen LogP contribution >= 0.6 is 15.9 Å². The molecule has 2 aromatic rings. The van der Waals surface area contributed by atoms with Crippen LogP contribution in [-0.2, 0) is 6.54 Å². The molecule has 0 amide bonds. The molecule has 3 nitrogen and oxygen atoms in total. The predicted octanol–water partition coefficient (Wildman–Crippen LogP) is 3.29. The molecule has 0 fully saturated rings. The molecule has 0 saturated heterocycles. The van der Waals surface area contributed by atoms with Crippen LogP contribution in [0.5, 0.6) is 0 Å². The number of rotatable bonds is 4. The lowest BCUT2D eigenvalue weighted by molar-refractivity contribution is 0.458. The fourth-order valence-corrected chi connectivity index (χ4v) is 1.81. The van der Waals surface area contributed by atoms with E-state index in [2.05, 4.69) is 33.2 Å². The van der Waals surface area contributed by atoms with Gasteiger partial charge in [0.2, 0.25) is 0 Å². The van der Waals surface area contributed by atoms with Crippen molar-refractivity contribution in [2.24, 2.45) is 0 Å². The average molecular weight is 281 g/mol. The van der Waals surface area contributed by atoms with Crippen molar-refractivity contribution in [1.82, 2.24) is 10.3 Å². The number of hydrogen-bond donors (Lipinski definition) is 1. The Bertz CT molecular complexity index is 441. The quantitative estimate of drug-likeness (QED) is 0.934. The van der Waals surface area contributed by atoms with Crippen molar-refractivity contribution >= 4 is 15.9 Å². The van der Waals surface area contributed by atoms with E-state index in [0.717, 1.165) is 10.2 Å². The van der Waals surface area contributed by atoms with Crippen LogP contribution in [0.1, 0.15) is 24.3 Å². The second-order valence-corrected chi connectivity index (χ2v) is 4.43. The number of nitrogens with one attached hydrogen (secondary N) is 1. The van der Waals surface area contributed by atoms with Gasteiger partial charge in [-0.3, -0.25) is 4.98 Å². The average Bonchev–Trinajstić information content (AvgIpc) is 2.73. The molecule has 0 radical (unpaired) electrons. The Hall–Kier alpha value is -1.13. The highest BCUT2D eigenvalue weighted by Gasteiger charge is 2.07. The van der Waals surface area contributed by atoms with E-state index >= 15 is 0 Å². The van der Waals surface area contributed by atoms with Gasteiger partial charge in [-0.05, 0) is 46.6 Å². The van der Waals surface area contributed by atoms with E-state index in [0.29, 0.717) is 6.54 Å². The SMILES string of the molecule is C[C@H](NCc1occc1Br)c1ccncc1. The lowest BCUT2D eigenvalue weighted by Crippen LogP contribution is -2.17. The van der Waals surface area contributed by atoms with E-state index in [-0.39, 0.29) is 6.04 Å². The maximum absolute atomic E-state index is 5.33. The topological polar surface area (TPSA) is 38.1 Å². The smallest absolute Gasteiger partial charge is 0.131 e. The molecule has 4 heteroatoms. The first-order chi connectivity index (χ1) is 7.77. The second kappa shape index (κ2) is 5.27. The van der Waals surface area contributed by atoms with E-state index in [1.54, 1.807) is 18.7 Å². The first kappa shape index (κ1) is 11.4. The monoisotopic (exact) mass is 280 g/mol. The standard InChI is InChI=1S/C12H13BrN2O/c1-9(10-2-5-14-6-3-10)15-8-12-11(13)4-7-16-12/h2-7,9,15H,8H2,1H3/t9-/m0/s1. The molecule has 84 valence electrons. The molecule has 1 N–H and O–H groups in total. The van der Waals surface area contributed by atoms with Gasteiger partial charge in [-0.1, -0.05) is 0 Å². The third-order valence-electron chi connectivity index (χ3n) is 2.47. The van der Waals surface area contributed by atoms with Crippen molar-refractivity contribution in [2.45, 2.75) is 19.5 Å². The molecule has 0 aliphatic heterocycles. The zero-order chi connectivity index (χ0) is 11.4. The lowest BCUT2D eigenvalue weighted by atomic mass is 10.1. The van der Waals surface area contributed by atoms with Crippen molar-refractivity contribution in [3.63, 3.8) is 0 Å². The first-order valence-corrected chi connectivity index (χ1v) is 5.92. The molecule has 2 aromatic heterocycles. The summed E-state index contributed by atoms with van der Waals surface area (Å²) >= 11 is 3.43. The van der Waals surface area contributed by atoms with Gasteiger partial charge < -0.3 is 9.73 Å². The van der Waals surface area contributed by atoms with Gasteiger partial charge in [-0.2, -0.15) is 0 Å². The second-order valence-electron chi connectivity index (χ2n) is 3.57. The maximum atomic E-state index is 5.33. The zero-order valence-corrected chi connectivity index (χ0v) is 10.6. The van der Waals surface area contributed by atoms with Gasteiger partial charge in [0.05, 0.1) is 17.3 Å². The molecule has 1 atom stereocenters. The van der Waals surface area contributed by atoms with E-state index < -0.39 is 0 Å². The molecule has 0 aliphatic carbocycles. The Labute approximate surface area is 103 Å². The summed E-state index contributed by atoms with van der Waals surface area (Å²) in [6.45, 7) is 2.82. The van der Waals surface area contributed by atoms with E-state index in [1.165, 1.54) is 5.56 Å². The first-order valence-electron chi connectivity index (χ1n) is 5.12. The third-order valence-corrected chi connectivity index (χ3v) is 3.17.